The van der Waals surface area contributed by atoms with Crippen molar-refractivity contribution in [3.8, 4) is 11.1 Å². The summed E-state index contributed by atoms with van der Waals surface area (Å²) >= 11 is 0. The molecule has 0 unspecified atom stereocenters. The maximum absolute atomic E-state index is 11.3. The largest absolute Gasteiger partial charge is 0.303 e. The van der Waals surface area contributed by atoms with Crippen molar-refractivity contribution in [2.24, 2.45) is 5.41 Å². The van der Waals surface area contributed by atoms with Crippen molar-refractivity contribution >= 4 is 6.29 Å². The van der Waals surface area contributed by atoms with Gasteiger partial charge in [0.15, 0.2) is 0 Å². The Balaban J connectivity index is 2.33. The molecule has 0 spiro atoms. The van der Waals surface area contributed by atoms with Gasteiger partial charge in [0.2, 0.25) is 6.54 Å². The summed E-state index contributed by atoms with van der Waals surface area (Å²) in [7, 11) is 0. The first-order valence-corrected chi connectivity index (χ1v) is 7.17. The van der Waals surface area contributed by atoms with Crippen molar-refractivity contribution in [2.45, 2.75) is 19.8 Å². The van der Waals surface area contributed by atoms with Crippen LogP contribution in [-0.4, -0.2) is 17.8 Å². The number of hydrogen-bond acceptors (Lipinski definition) is 3. The Morgan fingerprint density at radius 1 is 1.05 bits per heavy atom. The first kappa shape index (κ1) is 15.9. The predicted octanol–water partition coefficient (Wildman–Crippen LogP) is 3.94. The number of carbonyl (C=O) groups is 1. The average Bonchev–Trinajstić information content (AvgIpc) is 2.53. The third-order valence-corrected chi connectivity index (χ3v) is 3.95. The minimum Gasteiger partial charge on any atom is -0.303 e. The molecule has 114 valence electrons. The normalized spacial score (nSPS) is 12.6. The molecule has 0 radical (unpaired) electrons. The summed E-state index contributed by atoms with van der Waals surface area (Å²) in [6.45, 7) is 3.22. The zero-order chi connectivity index (χ0) is 16.2. The van der Waals surface area contributed by atoms with Gasteiger partial charge in [-0.25, -0.2) is 0 Å². The minimum absolute atomic E-state index is 0.254. The van der Waals surface area contributed by atoms with E-state index in [1.807, 2.05) is 54.6 Å². The van der Waals surface area contributed by atoms with E-state index >= 15 is 0 Å². The van der Waals surface area contributed by atoms with Crippen LogP contribution in [0, 0.1) is 15.5 Å². The van der Waals surface area contributed by atoms with Gasteiger partial charge in [-0.15, -0.1) is 0 Å². The van der Waals surface area contributed by atoms with Crippen LogP contribution in [0.25, 0.3) is 11.1 Å². The summed E-state index contributed by atoms with van der Waals surface area (Å²) in [5, 5.41) is 10.9. The number of aldehydes is 1. The highest BCUT2D eigenvalue weighted by molar-refractivity contribution is 5.64. The second-order valence-corrected chi connectivity index (χ2v) is 6.00. The van der Waals surface area contributed by atoms with E-state index in [4.69, 9.17) is 0 Å². The maximum atomic E-state index is 11.3. The van der Waals surface area contributed by atoms with Gasteiger partial charge in [-0.05, 0) is 16.7 Å². The molecule has 1 atom stereocenters. The molecular weight excluding hydrogens is 278 g/mol. The third kappa shape index (κ3) is 3.58. The quantitative estimate of drug-likeness (QED) is 0.461. The van der Waals surface area contributed by atoms with Gasteiger partial charge in [0.05, 0.1) is 5.92 Å². The van der Waals surface area contributed by atoms with E-state index in [1.165, 1.54) is 0 Å². The lowest BCUT2D eigenvalue weighted by Crippen LogP contribution is -2.29. The lowest BCUT2D eigenvalue weighted by Gasteiger charge is -2.26. The van der Waals surface area contributed by atoms with E-state index in [9.17, 15) is 14.9 Å². The number of hydrogen-bond donors (Lipinski definition) is 0. The molecule has 2 rings (SSSR count). The number of nitrogens with zero attached hydrogens (tertiary/aromatic N) is 1. The van der Waals surface area contributed by atoms with Gasteiger partial charge >= 0.3 is 0 Å². The van der Waals surface area contributed by atoms with Crippen molar-refractivity contribution in [2.75, 3.05) is 6.54 Å². The molecule has 4 heteroatoms. The van der Waals surface area contributed by atoms with Crippen molar-refractivity contribution in [3.05, 3.63) is 70.3 Å². The van der Waals surface area contributed by atoms with Gasteiger partial charge in [-0.2, -0.15) is 0 Å². The molecule has 0 aliphatic rings. The molecule has 2 aromatic rings. The molecule has 0 N–H and O–H groups in total. The topological polar surface area (TPSA) is 60.2 Å². The van der Waals surface area contributed by atoms with E-state index in [1.54, 1.807) is 13.8 Å². The second kappa shape index (κ2) is 6.52. The van der Waals surface area contributed by atoms with Crippen LogP contribution in [0.15, 0.2) is 54.6 Å². The summed E-state index contributed by atoms with van der Waals surface area (Å²) in [6.07, 6.45) is 0.798. The number of carbonyl (C=O) groups excluding carboxylic acids is 1. The number of benzene rings is 2. The Kier molecular flexibility index (Phi) is 4.71. The molecule has 0 saturated carbocycles. The Bertz CT molecular complexity index is 648. The summed E-state index contributed by atoms with van der Waals surface area (Å²) < 4.78 is 0. The first-order chi connectivity index (χ1) is 10.4. The van der Waals surface area contributed by atoms with Gasteiger partial charge in [0.1, 0.15) is 6.29 Å². The fourth-order valence-electron chi connectivity index (χ4n) is 2.54. The van der Waals surface area contributed by atoms with Crippen molar-refractivity contribution in [3.63, 3.8) is 0 Å². The van der Waals surface area contributed by atoms with Crippen molar-refractivity contribution < 1.29 is 9.72 Å². The SMILES string of the molecule is CC(C)(C=O)[C@H](C[N+](=O)[O-])c1ccc(-c2ccccc2)cc1. The summed E-state index contributed by atoms with van der Waals surface area (Å²) in [6, 6.07) is 17.6. The Morgan fingerprint density at radius 3 is 2.09 bits per heavy atom. The molecule has 22 heavy (non-hydrogen) atoms. The standard InChI is InChI=1S/C18H19NO3/c1-18(2,13-20)17(12-19(21)22)16-10-8-15(9-11-16)14-6-4-3-5-7-14/h3-11,13,17H,12H2,1-2H3/t17-/m1/s1. The summed E-state index contributed by atoms with van der Waals surface area (Å²) in [5.41, 5.74) is 2.18. The third-order valence-electron chi connectivity index (χ3n) is 3.95. The number of nitro groups is 1. The van der Waals surface area contributed by atoms with Crippen LogP contribution in [-0.2, 0) is 4.79 Å². The molecule has 0 fully saturated rings. The van der Waals surface area contributed by atoms with E-state index in [2.05, 4.69) is 0 Å². The van der Waals surface area contributed by atoms with Crippen LogP contribution in [0.5, 0.6) is 0 Å². The van der Waals surface area contributed by atoms with E-state index in [-0.39, 0.29) is 11.5 Å². The Morgan fingerprint density at radius 2 is 1.59 bits per heavy atom. The molecule has 0 bridgehead atoms. The van der Waals surface area contributed by atoms with Crippen molar-refractivity contribution in [1.82, 2.24) is 0 Å². The highest BCUT2D eigenvalue weighted by Gasteiger charge is 2.34. The maximum Gasteiger partial charge on any atom is 0.211 e. The molecule has 0 amide bonds. The van der Waals surface area contributed by atoms with Crippen LogP contribution in [0.3, 0.4) is 0 Å². The lowest BCUT2D eigenvalue weighted by atomic mass is 9.76. The first-order valence-electron chi connectivity index (χ1n) is 7.17. The van der Waals surface area contributed by atoms with Gasteiger partial charge in [-0.3, -0.25) is 10.1 Å². The highest BCUT2D eigenvalue weighted by Crippen LogP contribution is 2.35. The van der Waals surface area contributed by atoms with Crippen LogP contribution in [0.2, 0.25) is 0 Å². The molecule has 0 aliphatic carbocycles. The fraction of sp³-hybridized carbons (Fsp3) is 0.278. The second-order valence-electron chi connectivity index (χ2n) is 6.00. The zero-order valence-electron chi connectivity index (χ0n) is 12.7. The Hall–Kier alpha value is -2.49. The van der Waals surface area contributed by atoms with E-state index < -0.39 is 11.3 Å². The van der Waals surface area contributed by atoms with Crippen LogP contribution < -0.4 is 0 Å². The lowest BCUT2D eigenvalue weighted by molar-refractivity contribution is -0.485. The van der Waals surface area contributed by atoms with Gasteiger partial charge in [-0.1, -0.05) is 68.4 Å². The fourth-order valence-corrected chi connectivity index (χ4v) is 2.54. The molecule has 0 aromatic heterocycles. The summed E-state index contributed by atoms with van der Waals surface area (Å²) in [5.74, 6) is -0.440. The molecular formula is C18H19NO3. The smallest absolute Gasteiger partial charge is 0.211 e. The Labute approximate surface area is 129 Å². The van der Waals surface area contributed by atoms with Crippen LogP contribution >= 0.6 is 0 Å². The molecule has 0 aliphatic heterocycles. The van der Waals surface area contributed by atoms with Crippen molar-refractivity contribution in [1.29, 1.82) is 0 Å². The highest BCUT2D eigenvalue weighted by atomic mass is 16.6. The predicted molar refractivity (Wildman–Crippen MR) is 86.3 cm³/mol. The molecule has 0 heterocycles. The molecule has 4 nitrogen and oxygen atoms in total. The van der Waals surface area contributed by atoms with Crippen LogP contribution in [0.1, 0.15) is 25.3 Å². The van der Waals surface area contributed by atoms with E-state index in [0.29, 0.717) is 0 Å². The minimum atomic E-state index is -0.776. The van der Waals surface area contributed by atoms with Gasteiger partial charge < -0.3 is 4.79 Å². The summed E-state index contributed by atoms with van der Waals surface area (Å²) in [4.78, 5) is 21.9. The molecule has 0 saturated heterocycles. The van der Waals surface area contributed by atoms with Crippen LogP contribution in [0.4, 0.5) is 0 Å². The number of rotatable bonds is 6. The van der Waals surface area contributed by atoms with E-state index in [0.717, 1.165) is 23.0 Å². The average molecular weight is 297 g/mol. The molecule has 2 aromatic carbocycles. The zero-order valence-corrected chi connectivity index (χ0v) is 12.7. The monoisotopic (exact) mass is 297 g/mol. The van der Waals surface area contributed by atoms with Gasteiger partial charge in [0.25, 0.3) is 0 Å². The van der Waals surface area contributed by atoms with Gasteiger partial charge in [0, 0.05) is 10.3 Å².